The van der Waals surface area contributed by atoms with Crippen molar-refractivity contribution in [2.45, 2.75) is 39.0 Å². The first-order valence-electron chi connectivity index (χ1n) is 6.80. The fourth-order valence-electron chi connectivity index (χ4n) is 2.73. The van der Waals surface area contributed by atoms with Crippen LogP contribution in [0.4, 0.5) is 5.82 Å². The van der Waals surface area contributed by atoms with Gasteiger partial charge in [0.25, 0.3) is 0 Å². The Morgan fingerprint density at radius 1 is 1.44 bits per heavy atom. The summed E-state index contributed by atoms with van der Waals surface area (Å²) in [5.74, 6) is 1.65. The van der Waals surface area contributed by atoms with Crippen LogP contribution < -0.4 is 4.90 Å². The molecule has 2 rings (SSSR count). The second-order valence-corrected chi connectivity index (χ2v) is 4.94. The lowest BCUT2D eigenvalue weighted by molar-refractivity contribution is 0.435. The van der Waals surface area contributed by atoms with Gasteiger partial charge >= 0.3 is 0 Å². The van der Waals surface area contributed by atoms with Gasteiger partial charge in [0.1, 0.15) is 23.8 Å². The fraction of sp³-hybridized carbons (Fsp3) is 0.643. The van der Waals surface area contributed by atoms with Gasteiger partial charge in [-0.15, -0.1) is 0 Å². The zero-order valence-corrected chi connectivity index (χ0v) is 11.0. The summed E-state index contributed by atoms with van der Waals surface area (Å²) in [6, 6.07) is 2.18. The minimum Gasteiger partial charge on any atom is -0.355 e. The molecule has 0 aromatic carbocycles. The Kier molecular flexibility index (Phi) is 4.52. The zero-order valence-electron chi connectivity index (χ0n) is 11.0. The van der Waals surface area contributed by atoms with E-state index in [2.05, 4.69) is 27.9 Å². The SMILES string of the molecule is CCCC1CCCN(c2ncncc2C#N)CC1. The van der Waals surface area contributed by atoms with E-state index in [9.17, 15) is 0 Å². The highest BCUT2D eigenvalue weighted by Gasteiger charge is 2.19. The van der Waals surface area contributed by atoms with Gasteiger partial charge < -0.3 is 4.90 Å². The summed E-state index contributed by atoms with van der Waals surface area (Å²) in [7, 11) is 0. The number of hydrogen-bond acceptors (Lipinski definition) is 4. The molecule has 96 valence electrons. The van der Waals surface area contributed by atoms with Crippen LogP contribution >= 0.6 is 0 Å². The largest absolute Gasteiger partial charge is 0.355 e. The van der Waals surface area contributed by atoms with Crippen molar-refractivity contribution in [3.63, 3.8) is 0 Å². The zero-order chi connectivity index (χ0) is 12.8. The van der Waals surface area contributed by atoms with Gasteiger partial charge in [-0.25, -0.2) is 9.97 Å². The van der Waals surface area contributed by atoms with Gasteiger partial charge in [-0.1, -0.05) is 19.8 Å². The molecule has 18 heavy (non-hydrogen) atoms. The molecule has 1 atom stereocenters. The van der Waals surface area contributed by atoms with Gasteiger partial charge in [-0.3, -0.25) is 0 Å². The Bertz CT molecular complexity index is 424. The number of hydrogen-bond donors (Lipinski definition) is 0. The molecule has 4 heteroatoms. The van der Waals surface area contributed by atoms with Gasteiger partial charge in [0.2, 0.25) is 0 Å². The Morgan fingerprint density at radius 3 is 3.11 bits per heavy atom. The monoisotopic (exact) mass is 244 g/mol. The first-order valence-corrected chi connectivity index (χ1v) is 6.80. The summed E-state index contributed by atoms with van der Waals surface area (Å²) < 4.78 is 0. The van der Waals surface area contributed by atoms with E-state index in [0.29, 0.717) is 5.56 Å². The van der Waals surface area contributed by atoms with Crippen molar-refractivity contribution < 1.29 is 0 Å². The Balaban J connectivity index is 2.08. The van der Waals surface area contributed by atoms with Crippen LogP contribution in [-0.2, 0) is 0 Å². The van der Waals surface area contributed by atoms with Crippen LogP contribution in [0.1, 0.15) is 44.6 Å². The van der Waals surface area contributed by atoms with Crippen LogP contribution in [0.2, 0.25) is 0 Å². The average molecular weight is 244 g/mol. The molecular weight excluding hydrogens is 224 g/mol. The van der Waals surface area contributed by atoms with Crippen molar-refractivity contribution in [3.8, 4) is 6.07 Å². The fourth-order valence-corrected chi connectivity index (χ4v) is 2.73. The first kappa shape index (κ1) is 12.8. The van der Waals surface area contributed by atoms with Gasteiger partial charge in [0.05, 0.1) is 6.20 Å². The number of nitrogens with zero attached hydrogens (tertiary/aromatic N) is 4. The van der Waals surface area contributed by atoms with Gasteiger partial charge in [-0.2, -0.15) is 5.26 Å². The molecular formula is C14H20N4. The third kappa shape index (κ3) is 2.98. The van der Waals surface area contributed by atoms with E-state index < -0.39 is 0 Å². The molecule has 0 spiro atoms. The van der Waals surface area contributed by atoms with Crippen LogP contribution in [0.5, 0.6) is 0 Å². The summed E-state index contributed by atoms with van der Waals surface area (Å²) in [4.78, 5) is 10.4. The van der Waals surface area contributed by atoms with Crippen molar-refractivity contribution in [3.05, 3.63) is 18.1 Å². The van der Waals surface area contributed by atoms with Gasteiger partial charge in [0.15, 0.2) is 0 Å². The summed E-state index contributed by atoms with van der Waals surface area (Å²) >= 11 is 0. The lowest BCUT2D eigenvalue weighted by atomic mass is 9.96. The Morgan fingerprint density at radius 2 is 2.33 bits per heavy atom. The smallest absolute Gasteiger partial charge is 0.149 e. The van der Waals surface area contributed by atoms with E-state index in [-0.39, 0.29) is 0 Å². The first-order chi connectivity index (χ1) is 8.85. The normalized spacial score (nSPS) is 20.2. The number of aromatic nitrogens is 2. The predicted octanol–water partition coefficient (Wildman–Crippen LogP) is 2.75. The number of anilines is 1. The van der Waals surface area contributed by atoms with Crippen molar-refractivity contribution in [1.82, 2.24) is 9.97 Å². The highest BCUT2D eigenvalue weighted by molar-refractivity contribution is 5.52. The van der Waals surface area contributed by atoms with E-state index in [1.165, 1.54) is 38.4 Å². The molecule has 1 aromatic rings. The molecule has 0 N–H and O–H groups in total. The standard InChI is InChI=1S/C14H20N4/c1-2-4-12-5-3-7-18(8-6-12)14-13(9-15)10-16-11-17-14/h10-12H,2-8H2,1H3. The molecule has 0 aliphatic carbocycles. The molecule has 1 aliphatic heterocycles. The van der Waals surface area contributed by atoms with Crippen LogP contribution in [0, 0.1) is 17.2 Å². The van der Waals surface area contributed by atoms with Gasteiger partial charge in [0, 0.05) is 13.1 Å². The average Bonchev–Trinajstić information content (AvgIpc) is 2.65. The lowest BCUT2D eigenvalue weighted by Crippen LogP contribution is -2.26. The molecule has 0 bridgehead atoms. The van der Waals surface area contributed by atoms with Crippen LogP contribution in [0.15, 0.2) is 12.5 Å². The molecule has 1 fully saturated rings. The maximum Gasteiger partial charge on any atom is 0.149 e. The minimum absolute atomic E-state index is 0.589. The van der Waals surface area contributed by atoms with Gasteiger partial charge in [-0.05, 0) is 25.2 Å². The molecule has 1 aliphatic rings. The molecule has 1 aromatic heterocycles. The van der Waals surface area contributed by atoms with E-state index in [1.54, 1.807) is 6.20 Å². The third-order valence-corrected chi connectivity index (χ3v) is 3.66. The summed E-state index contributed by atoms with van der Waals surface area (Å²) in [5, 5.41) is 9.10. The summed E-state index contributed by atoms with van der Waals surface area (Å²) in [6.07, 6.45) is 9.44. The lowest BCUT2D eigenvalue weighted by Gasteiger charge is -2.22. The van der Waals surface area contributed by atoms with Crippen molar-refractivity contribution in [1.29, 1.82) is 5.26 Å². The molecule has 0 saturated carbocycles. The minimum atomic E-state index is 0.589. The maximum absolute atomic E-state index is 9.10. The van der Waals surface area contributed by atoms with Crippen molar-refractivity contribution in [2.75, 3.05) is 18.0 Å². The van der Waals surface area contributed by atoms with Crippen LogP contribution in [0.25, 0.3) is 0 Å². The highest BCUT2D eigenvalue weighted by atomic mass is 15.2. The quantitative estimate of drug-likeness (QED) is 0.820. The van der Waals surface area contributed by atoms with Crippen LogP contribution in [0.3, 0.4) is 0 Å². The second kappa shape index (κ2) is 6.34. The maximum atomic E-state index is 9.10. The van der Waals surface area contributed by atoms with E-state index in [0.717, 1.165) is 24.8 Å². The number of nitriles is 1. The number of rotatable bonds is 3. The highest BCUT2D eigenvalue weighted by Crippen LogP contribution is 2.25. The van der Waals surface area contributed by atoms with E-state index in [4.69, 9.17) is 5.26 Å². The van der Waals surface area contributed by atoms with E-state index in [1.807, 2.05) is 0 Å². The Labute approximate surface area is 109 Å². The molecule has 0 amide bonds. The second-order valence-electron chi connectivity index (χ2n) is 4.94. The van der Waals surface area contributed by atoms with Crippen molar-refractivity contribution in [2.24, 2.45) is 5.92 Å². The van der Waals surface area contributed by atoms with E-state index >= 15 is 0 Å². The predicted molar refractivity (Wildman–Crippen MR) is 71.2 cm³/mol. The van der Waals surface area contributed by atoms with Crippen molar-refractivity contribution >= 4 is 5.82 Å². The molecule has 1 unspecified atom stereocenters. The van der Waals surface area contributed by atoms with Crippen LogP contribution in [-0.4, -0.2) is 23.1 Å². The Hall–Kier alpha value is -1.63. The topological polar surface area (TPSA) is 52.8 Å². The molecule has 1 saturated heterocycles. The molecule has 4 nitrogen and oxygen atoms in total. The molecule has 2 heterocycles. The molecule has 0 radical (unpaired) electrons. The summed E-state index contributed by atoms with van der Waals surface area (Å²) in [6.45, 7) is 4.27. The third-order valence-electron chi connectivity index (χ3n) is 3.66. The summed E-state index contributed by atoms with van der Waals surface area (Å²) in [5.41, 5.74) is 0.589.